The van der Waals surface area contributed by atoms with Gasteiger partial charge in [0.05, 0.1) is 0 Å². The molecule has 0 saturated heterocycles. The molecule has 1 aromatic carbocycles. The van der Waals surface area contributed by atoms with Crippen molar-refractivity contribution >= 4 is 11.5 Å². The van der Waals surface area contributed by atoms with Crippen molar-refractivity contribution in [3.05, 3.63) is 29.3 Å². The predicted octanol–water partition coefficient (Wildman–Crippen LogP) is 2.56. The number of carbonyl (C=O) groups is 1. The number of rotatable bonds is 2. The van der Waals surface area contributed by atoms with E-state index in [-0.39, 0.29) is 11.7 Å². The fourth-order valence-electron chi connectivity index (χ4n) is 1.77. The first-order valence-corrected chi connectivity index (χ1v) is 5.09. The summed E-state index contributed by atoms with van der Waals surface area (Å²) in [5.41, 5.74) is 8.22. The number of anilines is 1. The summed E-state index contributed by atoms with van der Waals surface area (Å²) in [7, 11) is 0. The van der Waals surface area contributed by atoms with E-state index in [2.05, 4.69) is 0 Å². The largest absolute Gasteiger partial charge is 0.398 e. The maximum Gasteiger partial charge on any atom is 0.168 e. The summed E-state index contributed by atoms with van der Waals surface area (Å²) in [5.74, 6) is 0.469. The van der Waals surface area contributed by atoms with Crippen molar-refractivity contribution in [1.29, 1.82) is 0 Å². The minimum absolute atomic E-state index is 0.234. The van der Waals surface area contributed by atoms with Crippen molar-refractivity contribution in [2.75, 3.05) is 5.73 Å². The molecule has 1 aliphatic carbocycles. The summed E-state index contributed by atoms with van der Waals surface area (Å²) in [5, 5.41) is 0. The summed E-state index contributed by atoms with van der Waals surface area (Å²) in [6.45, 7) is 1.98. The summed E-state index contributed by atoms with van der Waals surface area (Å²) in [6.07, 6.45) is 3.25. The zero-order valence-corrected chi connectivity index (χ0v) is 8.42. The first kappa shape index (κ1) is 9.25. The van der Waals surface area contributed by atoms with Gasteiger partial charge in [-0.2, -0.15) is 0 Å². The van der Waals surface area contributed by atoms with Gasteiger partial charge in [-0.15, -0.1) is 0 Å². The number of benzene rings is 1. The van der Waals surface area contributed by atoms with Gasteiger partial charge in [0.15, 0.2) is 5.78 Å². The number of ketones is 1. The Hall–Kier alpha value is -1.31. The van der Waals surface area contributed by atoms with Crippen LogP contribution in [0.1, 0.15) is 35.2 Å². The maximum absolute atomic E-state index is 11.9. The molecule has 2 rings (SSSR count). The van der Waals surface area contributed by atoms with Crippen LogP contribution in [0.2, 0.25) is 0 Å². The first-order chi connectivity index (χ1) is 6.68. The average molecular weight is 189 g/mol. The lowest BCUT2D eigenvalue weighted by molar-refractivity contribution is 0.0856. The summed E-state index contributed by atoms with van der Waals surface area (Å²) in [4.78, 5) is 11.9. The lowest BCUT2D eigenvalue weighted by Gasteiger charge is -2.24. The molecule has 0 spiro atoms. The zero-order valence-electron chi connectivity index (χ0n) is 8.42. The van der Waals surface area contributed by atoms with Crippen LogP contribution in [0.15, 0.2) is 18.2 Å². The molecule has 0 aromatic heterocycles. The molecule has 0 unspecified atom stereocenters. The van der Waals surface area contributed by atoms with Crippen LogP contribution < -0.4 is 5.73 Å². The second kappa shape index (κ2) is 3.45. The lowest BCUT2D eigenvalue weighted by atomic mass is 9.79. The highest BCUT2D eigenvalue weighted by Crippen LogP contribution is 2.31. The first-order valence-electron chi connectivity index (χ1n) is 5.09. The molecule has 1 fully saturated rings. The molecule has 0 heterocycles. The number of nitrogen functional groups attached to an aromatic ring is 1. The molecule has 0 atom stereocenters. The molecule has 74 valence electrons. The fraction of sp³-hybridized carbons (Fsp3) is 0.417. The molecular weight excluding hydrogens is 174 g/mol. The van der Waals surface area contributed by atoms with E-state index in [1.54, 1.807) is 0 Å². The van der Waals surface area contributed by atoms with E-state index in [0.717, 1.165) is 24.0 Å². The van der Waals surface area contributed by atoms with Gasteiger partial charge in [0.1, 0.15) is 0 Å². The highest BCUT2D eigenvalue weighted by atomic mass is 16.1. The molecular formula is C12H15NO. The van der Waals surface area contributed by atoms with Gasteiger partial charge in [0.2, 0.25) is 0 Å². The van der Waals surface area contributed by atoms with Crippen LogP contribution in [0, 0.1) is 12.8 Å². The van der Waals surface area contributed by atoms with Gasteiger partial charge in [-0.3, -0.25) is 4.79 Å². The van der Waals surface area contributed by atoms with E-state index in [1.165, 1.54) is 6.42 Å². The van der Waals surface area contributed by atoms with Crippen molar-refractivity contribution in [2.45, 2.75) is 26.2 Å². The van der Waals surface area contributed by atoms with Crippen molar-refractivity contribution in [1.82, 2.24) is 0 Å². The van der Waals surface area contributed by atoms with Crippen LogP contribution in [-0.4, -0.2) is 5.78 Å². The molecule has 0 amide bonds. The Bertz CT molecular complexity index is 367. The molecule has 2 heteroatoms. The highest BCUT2D eigenvalue weighted by Gasteiger charge is 2.27. The zero-order chi connectivity index (χ0) is 10.1. The normalized spacial score (nSPS) is 16.4. The number of hydrogen-bond acceptors (Lipinski definition) is 2. The average Bonchev–Trinajstić information content (AvgIpc) is 2.06. The molecule has 0 aliphatic heterocycles. The van der Waals surface area contributed by atoms with Gasteiger partial charge in [-0.05, 0) is 31.9 Å². The Balaban J connectivity index is 2.29. The van der Waals surface area contributed by atoms with Crippen LogP contribution in [-0.2, 0) is 0 Å². The number of Topliss-reactive ketones (excluding diaryl/α,β-unsaturated/α-hetero) is 1. The van der Waals surface area contributed by atoms with Crippen LogP contribution in [0.4, 0.5) is 5.69 Å². The number of aryl methyl sites for hydroxylation is 1. The van der Waals surface area contributed by atoms with Crippen molar-refractivity contribution in [2.24, 2.45) is 5.92 Å². The third-order valence-electron chi connectivity index (χ3n) is 2.95. The smallest absolute Gasteiger partial charge is 0.168 e. The summed E-state index contributed by atoms with van der Waals surface area (Å²) in [6, 6.07) is 5.66. The molecule has 1 aromatic rings. The van der Waals surface area contributed by atoms with Crippen molar-refractivity contribution in [3.8, 4) is 0 Å². The second-order valence-electron chi connectivity index (χ2n) is 4.08. The number of carbonyl (C=O) groups excluding carboxylic acids is 1. The van der Waals surface area contributed by atoms with Gasteiger partial charge in [0, 0.05) is 17.2 Å². The lowest BCUT2D eigenvalue weighted by Crippen LogP contribution is -2.22. The van der Waals surface area contributed by atoms with Gasteiger partial charge in [0.25, 0.3) is 0 Å². The van der Waals surface area contributed by atoms with Gasteiger partial charge in [-0.25, -0.2) is 0 Å². The Morgan fingerprint density at radius 3 is 2.71 bits per heavy atom. The monoisotopic (exact) mass is 189 g/mol. The topological polar surface area (TPSA) is 43.1 Å². The third-order valence-corrected chi connectivity index (χ3v) is 2.95. The minimum Gasteiger partial charge on any atom is -0.398 e. The molecule has 2 nitrogen and oxygen atoms in total. The van der Waals surface area contributed by atoms with Gasteiger partial charge in [-0.1, -0.05) is 18.1 Å². The van der Waals surface area contributed by atoms with Gasteiger partial charge < -0.3 is 5.73 Å². The molecule has 2 N–H and O–H groups in total. The Morgan fingerprint density at radius 2 is 2.14 bits per heavy atom. The predicted molar refractivity (Wildman–Crippen MR) is 57.3 cm³/mol. The second-order valence-corrected chi connectivity index (χ2v) is 4.08. The minimum atomic E-state index is 0.234. The molecule has 14 heavy (non-hydrogen) atoms. The standard InChI is InChI=1S/C12H15NO/c1-8-5-6-11(13)10(7-8)12(14)9-3-2-4-9/h5-7,9H,2-4,13H2,1H3. The van der Waals surface area contributed by atoms with Gasteiger partial charge >= 0.3 is 0 Å². The van der Waals surface area contributed by atoms with E-state index >= 15 is 0 Å². The van der Waals surface area contributed by atoms with E-state index in [0.29, 0.717) is 5.69 Å². The summed E-state index contributed by atoms with van der Waals surface area (Å²) >= 11 is 0. The van der Waals surface area contributed by atoms with E-state index in [4.69, 9.17) is 5.73 Å². The van der Waals surface area contributed by atoms with Crippen molar-refractivity contribution in [3.63, 3.8) is 0 Å². The van der Waals surface area contributed by atoms with Crippen LogP contribution >= 0.6 is 0 Å². The van der Waals surface area contributed by atoms with Crippen LogP contribution in [0.5, 0.6) is 0 Å². The number of hydrogen-bond donors (Lipinski definition) is 1. The van der Waals surface area contributed by atoms with Crippen LogP contribution in [0.3, 0.4) is 0 Å². The van der Waals surface area contributed by atoms with E-state index < -0.39 is 0 Å². The van der Waals surface area contributed by atoms with E-state index in [1.807, 2.05) is 25.1 Å². The van der Waals surface area contributed by atoms with Crippen LogP contribution in [0.25, 0.3) is 0 Å². The Morgan fingerprint density at radius 1 is 1.43 bits per heavy atom. The number of nitrogens with two attached hydrogens (primary N) is 1. The molecule has 1 saturated carbocycles. The SMILES string of the molecule is Cc1ccc(N)c(C(=O)C2CCC2)c1. The summed E-state index contributed by atoms with van der Waals surface area (Å²) < 4.78 is 0. The quantitative estimate of drug-likeness (QED) is 0.574. The van der Waals surface area contributed by atoms with Crippen molar-refractivity contribution < 1.29 is 4.79 Å². The highest BCUT2D eigenvalue weighted by molar-refractivity contribution is 6.02. The maximum atomic E-state index is 11.9. The third kappa shape index (κ3) is 1.52. The molecule has 0 radical (unpaired) electrons. The molecule has 1 aliphatic rings. The Kier molecular flexibility index (Phi) is 2.28. The molecule has 0 bridgehead atoms. The van der Waals surface area contributed by atoms with E-state index in [9.17, 15) is 4.79 Å². The fourth-order valence-corrected chi connectivity index (χ4v) is 1.77. The Labute approximate surface area is 84.1 Å².